The fraction of sp³-hybridized carbons (Fsp3) is 0.571. The predicted octanol–water partition coefficient (Wildman–Crippen LogP) is 3.92. The predicted molar refractivity (Wildman–Crippen MR) is 103 cm³/mol. The van der Waals surface area contributed by atoms with Gasteiger partial charge in [0.1, 0.15) is 0 Å². The maximum Gasteiger partial charge on any atom is 0.231 e. The Morgan fingerprint density at radius 3 is 2.93 bits per heavy atom. The van der Waals surface area contributed by atoms with Crippen LogP contribution in [-0.2, 0) is 6.42 Å². The molecule has 1 aliphatic carbocycles. The van der Waals surface area contributed by atoms with Crippen molar-refractivity contribution in [1.29, 1.82) is 0 Å². The molecule has 2 atom stereocenters. The van der Waals surface area contributed by atoms with Crippen LogP contribution in [0, 0.1) is 5.92 Å². The molecule has 1 aromatic rings. The molecule has 2 heterocycles. The van der Waals surface area contributed by atoms with Crippen molar-refractivity contribution >= 4 is 5.71 Å². The molecule has 3 aliphatic rings. The summed E-state index contributed by atoms with van der Waals surface area (Å²) < 4.78 is 17.0. The number of ether oxygens (including phenoxy) is 3. The van der Waals surface area contributed by atoms with Gasteiger partial charge in [-0.2, -0.15) is 0 Å². The fourth-order valence-corrected chi connectivity index (χ4v) is 4.54. The summed E-state index contributed by atoms with van der Waals surface area (Å²) in [5.74, 6) is 2.51. The molecule has 0 fully saturated rings. The van der Waals surface area contributed by atoms with Gasteiger partial charge in [-0.3, -0.25) is 4.90 Å². The van der Waals surface area contributed by atoms with E-state index in [0.717, 1.165) is 55.0 Å². The average molecular weight is 372 g/mol. The van der Waals surface area contributed by atoms with Crippen LogP contribution in [0.5, 0.6) is 17.2 Å². The van der Waals surface area contributed by atoms with Crippen LogP contribution < -0.4 is 14.2 Å². The molecule has 2 aliphatic heterocycles. The van der Waals surface area contributed by atoms with Crippen LogP contribution in [0.15, 0.2) is 22.9 Å². The topological polar surface area (TPSA) is 63.5 Å². The van der Waals surface area contributed by atoms with Crippen molar-refractivity contribution in [2.45, 2.75) is 45.1 Å². The van der Waals surface area contributed by atoms with E-state index < -0.39 is 0 Å². The van der Waals surface area contributed by atoms with E-state index in [2.05, 4.69) is 36.2 Å². The highest BCUT2D eigenvalue weighted by Crippen LogP contribution is 2.50. The van der Waals surface area contributed by atoms with Crippen LogP contribution in [0.2, 0.25) is 0 Å². The summed E-state index contributed by atoms with van der Waals surface area (Å²) in [6.07, 6.45) is 6.97. The standard InChI is InChI=1S/C21H28N2O4/c1-13-4-6-14(7-5-13)16(22-24)11-17-19-15(8-9-23(17)2)10-18-20(21(19)25-3)27-12-26-18/h4,10,14,17,24H,5-9,11-12H2,1-3H3/t14-,17-/m0/s1. The monoisotopic (exact) mass is 372 g/mol. The minimum Gasteiger partial charge on any atom is -0.492 e. The van der Waals surface area contributed by atoms with Gasteiger partial charge in [0.15, 0.2) is 11.5 Å². The highest BCUT2D eigenvalue weighted by Gasteiger charge is 2.35. The fourth-order valence-electron chi connectivity index (χ4n) is 4.54. The van der Waals surface area contributed by atoms with Gasteiger partial charge in [0.25, 0.3) is 0 Å². The van der Waals surface area contributed by atoms with E-state index in [1.165, 1.54) is 11.1 Å². The summed E-state index contributed by atoms with van der Waals surface area (Å²) in [6.45, 7) is 3.35. The minimum atomic E-state index is 0.0936. The average Bonchev–Trinajstić information content (AvgIpc) is 3.15. The molecule has 0 aromatic heterocycles. The number of hydrogen-bond donors (Lipinski definition) is 1. The number of rotatable bonds is 4. The SMILES string of the molecule is COc1c2c(cc3c1[C@H](CC(=NO)[C@H]1CC=C(C)CC1)N(C)CC3)OCO2. The Bertz CT molecular complexity index is 787. The number of methoxy groups -OCH3 is 1. The third-order valence-corrected chi connectivity index (χ3v) is 6.19. The van der Waals surface area contributed by atoms with Crippen molar-refractivity contribution < 1.29 is 19.4 Å². The first-order chi connectivity index (χ1) is 13.1. The molecular weight excluding hydrogens is 344 g/mol. The summed E-state index contributed by atoms with van der Waals surface area (Å²) >= 11 is 0. The molecule has 1 aromatic carbocycles. The van der Waals surface area contributed by atoms with E-state index in [0.29, 0.717) is 18.1 Å². The molecule has 1 N–H and O–H groups in total. The van der Waals surface area contributed by atoms with Gasteiger partial charge in [0.2, 0.25) is 12.5 Å². The van der Waals surface area contributed by atoms with E-state index in [-0.39, 0.29) is 12.8 Å². The van der Waals surface area contributed by atoms with Crippen molar-refractivity contribution in [2.75, 3.05) is 27.5 Å². The van der Waals surface area contributed by atoms with Crippen molar-refractivity contribution in [3.8, 4) is 17.2 Å². The maximum atomic E-state index is 9.76. The van der Waals surface area contributed by atoms with Gasteiger partial charge in [0.05, 0.1) is 12.8 Å². The number of fused-ring (bicyclic) bond motifs is 2. The lowest BCUT2D eigenvalue weighted by Gasteiger charge is -2.37. The first-order valence-electron chi connectivity index (χ1n) is 9.68. The Balaban J connectivity index is 1.68. The van der Waals surface area contributed by atoms with Crippen LogP contribution in [-0.4, -0.2) is 43.3 Å². The second kappa shape index (κ2) is 7.43. The summed E-state index contributed by atoms with van der Waals surface area (Å²) in [5.41, 5.74) is 4.68. The number of hydrogen-bond acceptors (Lipinski definition) is 6. The molecule has 0 amide bonds. The Morgan fingerprint density at radius 2 is 2.22 bits per heavy atom. The van der Waals surface area contributed by atoms with Crippen LogP contribution in [0.4, 0.5) is 0 Å². The van der Waals surface area contributed by atoms with Crippen LogP contribution in [0.1, 0.15) is 49.8 Å². The van der Waals surface area contributed by atoms with E-state index in [1.54, 1.807) is 7.11 Å². The molecule has 0 bridgehead atoms. The minimum absolute atomic E-state index is 0.0936. The smallest absolute Gasteiger partial charge is 0.231 e. The van der Waals surface area contributed by atoms with E-state index in [1.807, 2.05) is 0 Å². The molecule has 27 heavy (non-hydrogen) atoms. The zero-order chi connectivity index (χ0) is 19.0. The summed E-state index contributed by atoms with van der Waals surface area (Å²) in [4.78, 5) is 2.32. The molecule has 0 radical (unpaired) electrons. The summed E-state index contributed by atoms with van der Waals surface area (Å²) in [5, 5.41) is 13.5. The van der Waals surface area contributed by atoms with Gasteiger partial charge in [-0.05, 0) is 51.3 Å². The van der Waals surface area contributed by atoms with Crippen molar-refractivity contribution in [3.05, 3.63) is 28.8 Å². The van der Waals surface area contributed by atoms with Gasteiger partial charge in [-0.25, -0.2) is 0 Å². The normalized spacial score (nSPS) is 25.1. The van der Waals surface area contributed by atoms with Crippen molar-refractivity contribution in [2.24, 2.45) is 11.1 Å². The Morgan fingerprint density at radius 1 is 1.37 bits per heavy atom. The Labute approximate surface area is 160 Å². The van der Waals surface area contributed by atoms with Crippen molar-refractivity contribution in [3.63, 3.8) is 0 Å². The van der Waals surface area contributed by atoms with Gasteiger partial charge in [-0.1, -0.05) is 16.8 Å². The van der Waals surface area contributed by atoms with Gasteiger partial charge in [0, 0.05) is 30.5 Å². The van der Waals surface area contributed by atoms with Gasteiger partial charge < -0.3 is 19.4 Å². The Kier molecular flexibility index (Phi) is 5.00. The summed E-state index contributed by atoms with van der Waals surface area (Å²) in [6, 6.07) is 2.18. The van der Waals surface area contributed by atoms with Crippen LogP contribution in [0.25, 0.3) is 0 Å². The zero-order valence-corrected chi connectivity index (χ0v) is 16.3. The highest BCUT2D eigenvalue weighted by atomic mass is 16.7. The van der Waals surface area contributed by atoms with Gasteiger partial charge >= 0.3 is 0 Å². The van der Waals surface area contributed by atoms with E-state index in [9.17, 15) is 5.21 Å². The Hall–Kier alpha value is -2.21. The second-order valence-electron chi connectivity index (χ2n) is 7.78. The quantitative estimate of drug-likeness (QED) is 0.376. The molecule has 0 saturated carbocycles. The maximum absolute atomic E-state index is 9.76. The molecule has 0 unspecified atom stereocenters. The number of benzene rings is 1. The number of likely N-dealkylation sites (N-methyl/N-ethyl adjacent to an activating group) is 1. The van der Waals surface area contributed by atoms with E-state index in [4.69, 9.17) is 14.2 Å². The number of nitrogens with zero attached hydrogens (tertiary/aromatic N) is 2. The molecule has 146 valence electrons. The van der Waals surface area contributed by atoms with Gasteiger partial charge in [-0.15, -0.1) is 0 Å². The van der Waals surface area contributed by atoms with Crippen molar-refractivity contribution in [1.82, 2.24) is 4.90 Å². The number of oxime groups is 1. The lowest BCUT2D eigenvalue weighted by atomic mass is 9.81. The highest BCUT2D eigenvalue weighted by molar-refractivity contribution is 5.87. The molecular formula is C21H28N2O4. The molecule has 6 heteroatoms. The second-order valence-corrected chi connectivity index (χ2v) is 7.78. The molecule has 4 rings (SSSR count). The first-order valence-corrected chi connectivity index (χ1v) is 9.68. The largest absolute Gasteiger partial charge is 0.492 e. The summed E-state index contributed by atoms with van der Waals surface area (Å²) in [7, 11) is 3.80. The van der Waals surface area contributed by atoms with Crippen LogP contribution in [0.3, 0.4) is 0 Å². The first kappa shape index (κ1) is 18.2. The lowest BCUT2D eigenvalue weighted by Crippen LogP contribution is -2.35. The number of allylic oxidation sites excluding steroid dienone is 2. The van der Waals surface area contributed by atoms with E-state index >= 15 is 0 Å². The third-order valence-electron chi connectivity index (χ3n) is 6.19. The lowest BCUT2D eigenvalue weighted by molar-refractivity contribution is 0.170. The molecule has 0 spiro atoms. The molecule has 6 nitrogen and oxygen atoms in total. The van der Waals surface area contributed by atoms with Crippen LogP contribution >= 0.6 is 0 Å². The molecule has 0 saturated heterocycles. The third kappa shape index (κ3) is 3.27. The zero-order valence-electron chi connectivity index (χ0n) is 16.3.